The normalized spacial score (nSPS) is 13.0. The van der Waals surface area contributed by atoms with Crippen LogP contribution >= 0.6 is 0 Å². The first-order valence-electron chi connectivity index (χ1n) is 13.1. The Labute approximate surface area is 236 Å². The van der Waals surface area contributed by atoms with Crippen LogP contribution in [-0.4, -0.2) is 53.0 Å². The molecular weight excluding hydrogens is 512 g/mol. The van der Waals surface area contributed by atoms with Gasteiger partial charge in [-0.15, -0.1) is 0 Å². The SMILES string of the molecule is COc1ccc(NC(=O)C(c2cccc(C)c2C)N(C(=O)C(CC(N)=O)NC(=O)OC(C)(C)C)C(C)(C)C)cc1. The van der Waals surface area contributed by atoms with Crippen LogP contribution in [0.4, 0.5) is 10.5 Å². The van der Waals surface area contributed by atoms with Gasteiger partial charge in [-0.3, -0.25) is 14.4 Å². The van der Waals surface area contributed by atoms with E-state index in [0.717, 1.165) is 11.1 Å². The largest absolute Gasteiger partial charge is 0.497 e. The predicted octanol–water partition coefficient (Wildman–Crippen LogP) is 4.39. The van der Waals surface area contributed by atoms with Crippen molar-refractivity contribution in [3.05, 3.63) is 59.2 Å². The van der Waals surface area contributed by atoms with E-state index in [1.54, 1.807) is 79.0 Å². The van der Waals surface area contributed by atoms with Crippen LogP contribution in [0.1, 0.15) is 70.7 Å². The molecule has 40 heavy (non-hydrogen) atoms. The van der Waals surface area contributed by atoms with Gasteiger partial charge < -0.3 is 30.7 Å². The number of alkyl carbamates (subject to hydrolysis) is 1. The van der Waals surface area contributed by atoms with Crippen LogP contribution in [0.2, 0.25) is 0 Å². The highest BCUT2D eigenvalue weighted by Crippen LogP contribution is 2.34. The van der Waals surface area contributed by atoms with Crippen LogP contribution in [0.5, 0.6) is 5.75 Å². The molecule has 0 saturated heterocycles. The average molecular weight is 555 g/mol. The lowest BCUT2D eigenvalue weighted by Crippen LogP contribution is -2.58. The van der Waals surface area contributed by atoms with Crippen molar-refractivity contribution in [2.45, 2.75) is 85.0 Å². The first kappa shape index (κ1) is 32.1. The van der Waals surface area contributed by atoms with E-state index in [9.17, 15) is 19.2 Å². The minimum atomic E-state index is -1.37. The van der Waals surface area contributed by atoms with Crippen LogP contribution < -0.4 is 21.1 Å². The molecule has 0 bridgehead atoms. The third-order valence-corrected chi connectivity index (χ3v) is 6.16. The van der Waals surface area contributed by atoms with E-state index >= 15 is 0 Å². The summed E-state index contributed by atoms with van der Waals surface area (Å²) in [6.45, 7) is 14.2. The van der Waals surface area contributed by atoms with E-state index < -0.39 is 53.5 Å². The van der Waals surface area contributed by atoms with Gasteiger partial charge in [0.15, 0.2) is 0 Å². The van der Waals surface area contributed by atoms with Crippen molar-refractivity contribution in [1.29, 1.82) is 0 Å². The highest BCUT2D eigenvalue weighted by molar-refractivity contribution is 6.00. The molecule has 0 aromatic heterocycles. The number of hydrogen-bond acceptors (Lipinski definition) is 6. The Morgan fingerprint density at radius 1 is 0.950 bits per heavy atom. The molecule has 2 unspecified atom stereocenters. The minimum absolute atomic E-state index is 0.475. The number of benzene rings is 2. The second-order valence-electron chi connectivity index (χ2n) is 11.7. The smallest absolute Gasteiger partial charge is 0.408 e. The molecule has 0 aliphatic carbocycles. The van der Waals surface area contributed by atoms with Gasteiger partial charge in [0.25, 0.3) is 5.91 Å². The quantitative estimate of drug-likeness (QED) is 0.420. The molecule has 10 heteroatoms. The van der Waals surface area contributed by atoms with E-state index in [-0.39, 0.29) is 0 Å². The van der Waals surface area contributed by atoms with Crippen molar-refractivity contribution >= 4 is 29.5 Å². The molecule has 0 heterocycles. The van der Waals surface area contributed by atoms with Gasteiger partial charge in [0.2, 0.25) is 11.8 Å². The summed E-state index contributed by atoms with van der Waals surface area (Å²) in [6.07, 6.45) is -1.36. The molecule has 218 valence electrons. The van der Waals surface area contributed by atoms with Gasteiger partial charge in [-0.1, -0.05) is 18.2 Å². The van der Waals surface area contributed by atoms with Crippen molar-refractivity contribution < 1.29 is 28.7 Å². The van der Waals surface area contributed by atoms with E-state index in [1.165, 1.54) is 4.90 Å². The first-order valence-corrected chi connectivity index (χ1v) is 13.1. The highest BCUT2D eigenvalue weighted by Gasteiger charge is 2.43. The fourth-order valence-corrected chi connectivity index (χ4v) is 4.22. The predicted molar refractivity (Wildman–Crippen MR) is 154 cm³/mol. The summed E-state index contributed by atoms with van der Waals surface area (Å²) in [6, 6.07) is 9.85. The molecule has 2 rings (SSSR count). The Morgan fingerprint density at radius 2 is 1.55 bits per heavy atom. The summed E-state index contributed by atoms with van der Waals surface area (Å²) >= 11 is 0. The van der Waals surface area contributed by atoms with Gasteiger partial charge >= 0.3 is 6.09 Å². The number of rotatable bonds is 9. The van der Waals surface area contributed by atoms with Crippen molar-refractivity contribution in [3.63, 3.8) is 0 Å². The van der Waals surface area contributed by atoms with Gasteiger partial charge in [0, 0.05) is 11.2 Å². The first-order chi connectivity index (χ1) is 18.4. The maximum absolute atomic E-state index is 14.2. The molecule has 2 aromatic rings. The maximum atomic E-state index is 14.2. The standard InChI is InChI=1S/C30H42N4O6/c1-18-11-10-12-22(19(18)2)25(26(36)32-20-13-15-21(39-9)16-14-20)34(29(3,4)5)27(37)23(17-24(31)35)33-28(38)40-30(6,7)8/h10-16,23,25H,17H2,1-9H3,(H2,31,35)(H,32,36)(H,33,38). The Balaban J connectivity index is 2.64. The number of hydrogen-bond donors (Lipinski definition) is 3. The summed E-state index contributed by atoms with van der Waals surface area (Å²) in [5, 5.41) is 5.40. The number of ether oxygens (including phenoxy) is 2. The number of nitrogens with one attached hydrogen (secondary N) is 2. The zero-order valence-corrected chi connectivity index (χ0v) is 24.9. The number of nitrogens with zero attached hydrogens (tertiary/aromatic N) is 1. The van der Waals surface area contributed by atoms with E-state index in [2.05, 4.69) is 10.6 Å². The molecule has 0 aliphatic heterocycles. The number of aryl methyl sites for hydroxylation is 1. The molecule has 0 spiro atoms. The van der Waals surface area contributed by atoms with E-state index in [0.29, 0.717) is 17.0 Å². The van der Waals surface area contributed by atoms with Gasteiger partial charge in [0.1, 0.15) is 23.4 Å². The summed E-state index contributed by atoms with van der Waals surface area (Å²) < 4.78 is 10.5. The molecule has 0 saturated carbocycles. The van der Waals surface area contributed by atoms with Crippen LogP contribution in [0.15, 0.2) is 42.5 Å². The van der Waals surface area contributed by atoms with Gasteiger partial charge in [-0.05, 0) is 96.3 Å². The second kappa shape index (κ2) is 12.8. The van der Waals surface area contributed by atoms with Crippen molar-refractivity contribution in [2.75, 3.05) is 12.4 Å². The molecule has 2 aromatic carbocycles. The number of primary amides is 1. The molecule has 4 N–H and O–H groups in total. The lowest BCUT2D eigenvalue weighted by molar-refractivity contribution is -0.147. The zero-order chi connectivity index (χ0) is 30.4. The number of methoxy groups -OCH3 is 1. The average Bonchev–Trinajstić information content (AvgIpc) is 2.82. The minimum Gasteiger partial charge on any atom is -0.497 e. The lowest BCUT2D eigenvalue weighted by Gasteiger charge is -2.43. The van der Waals surface area contributed by atoms with Gasteiger partial charge in [-0.2, -0.15) is 0 Å². The van der Waals surface area contributed by atoms with Crippen molar-refractivity contribution in [1.82, 2.24) is 10.2 Å². The van der Waals surface area contributed by atoms with Crippen LogP contribution in [0.3, 0.4) is 0 Å². The Bertz CT molecular complexity index is 1230. The lowest BCUT2D eigenvalue weighted by atomic mass is 9.91. The molecular formula is C30H42N4O6. The summed E-state index contributed by atoms with van der Waals surface area (Å²) in [7, 11) is 1.55. The second-order valence-corrected chi connectivity index (χ2v) is 11.7. The summed E-state index contributed by atoms with van der Waals surface area (Å²) in [5.41, 5.74) is 6.56. The number of carbonyl (C=O) groups excluding carboxylic acids is 4. The number of anilines is 1. The van der Waals surface area contributed by atoms with E-state index in [1.807, 2.05) is 26.0 Å². The highest BCUT2D eigenvalue weighted by atomic mass is 16.6. The maximum Gasteiger partial charge on any atom is 0.408 e. The van der Waals surface area contributed by atoms with Crippen molar-refractivity contribution in [3.8, 4) is 5.75 Å². The van der Waals surface area contributed by atoms with Crippen molar-refractivity contribution in [2.24, 2.45) is 5.73 Å². The van der Waals surface area contributed by atoms with E-state index in [4.69, 9.17) is 15.2 Å². The number of amides is 4. The van der Waals surface area contributed by atoms with Crippen LogP contribution in [-0.2, 0) is 19.1 Å². The molecule has 10 nitrogen and oxygen atoms in total. The third-order valence-electron chi connectivity index (χ3n) is 6.16. The Kier molecular flexibility index (Phi) is 10.3. The third kappa shape index (κ3) is 8.72. The fraction of sp³-hybridized carbons (Fsp3) is 0.467. The monoisotopic (exact) mass is 554 g/mol. The van der Waals surface area contributed by atoms with Gasteiger partial charge in [0.05, 0.1) is 13.5 Å². The van der Waals surface area contributed by atoms with Gasteiger partial charge in [-0.25, -0.2) is 4.79 Å². The molecule has 2 atom stereocenters. The fourth-order valence-electron chi connectivity index (χ4n) is 4.22. The molecule has 0 radical (unpaired) electrons. The zero-order valence-electron chi connectivity index (χ0n) is 24.9. The Morgan fingerprint density at radius 3 is 2.05 bits per heavy atom. The summed E-state index contributed by atoms with van der Waals surface area (Å²) in [5.74, 6) is -1.31. The topological polar surface area (TPSA) is 140 Å². The molecule has 0 aliphatic rings. The molecule has 4 amide bonds. The Hall–Kier alpha value is -4.08. The number of carbonyl (C=O) groups is 4. The summed E-state index contributed by atoms with van der Waals surface area (Å²) in [4.78, 5) is 54.3. The van der Waals surface area contributed by atoms with Crippen LogP contribution in [0.25, 0.3) is 0 Å². The number of nitrogens with two attached hydrogens (primary N) is 1. The molecule has 0 fully saturated rings. The van der Waals surface area contributed by atoms with Crippen LogP contribution in [0, 0.1) is 13.8 Å².